The molecule has 0 atom stereocenters. The van der Waals surface area contributed by atoms with Gasteiger partial charge in [0.1, 0.15) is 0 Å². The standard InChI is InChI=1S/C22H26N4OS/c1-3-4-8-15-23-20(27)16-28-22-25-24-21(18-9-6-5-7-10-18)26(22)19-13-11-17(2)12-14-19/h5-7,9-14H,3-4,8,15-16H2,1-2H3,(H,23,27). The zero-order chi connectivity index (χ0) is 19.8. The number of thioether (sulfide) groups is 1. The Morgan fingerprint density at radius 1 is 1.04 bits per heavy atom. The fourth-order valence-corrected chi connectivity index (χ4v) is 3.63. The van der Waals surface area contributed by atoms with Crippen LogP contribution in [0.5, 0.6) is 0 Å². The number of benzene rings is 2. The molecule has 1 heterocycles. The van der Waals surface area contributed by atoms with E-state index in [4.69, 9.17) is 0 Å². The van der Waals surface area contributed by atoms with Gasteiger partial charge in [-0.25, -0.2) is 0 Å². The van der Waals surface area contributed by atoms with Crippen LogP contribution in [-0.2, 0) is 4.79 Å². The molecule has 0 unspecified atom stereocenters. The van der Waals surface area contributed by atoms with Crippen LogP contribution in [0.15, 0.2) is 59.8 Å². The van der Waals surface area contributed by atoms with E-state index in [2.05, 4.69) is 53.6 Å². The van der Waals surface area contributed by atoms with Gasteiger partial charge in [-0.05, 0) is 25.5 Å². The lowest BCUT2D eigenvalue weighted by atomic mass is 10.2. The van der Waals surface area contributed by atoms with Gasteiger partial charge >= 0.3 is 0 Å². The van der Waals surface area contributed by atoms with Gasteiger partial charge < -0.3 is 5.32 Å². The highest BCUT2D eigenvalue weighted by Gasteiger charge is 2.17. The third-order valence-electron chi connectivity index (χ3n) is 4.39. The molecule has 0 bridgehead atoms. The molecule has 3 aromatic rings. The van der Waals surface area contributed by atoms with Gasteiger partial charge in [0.05, 0.1) is 5.75 Å². The van der Waals surface area contributed by atoms with Gasteiger partial charge in [-0.2, -0.15) is 0 Å². The number of nitrogens with zero attached hydrogens (tertiary/aromatic N) is 3. The molecule has 1 amide bonds. The van der Waals surface area contributed by atoms with Crippen molar-refractivity contribution < 1.29 is 4.79 Å². The van der Waals surface area contributed by atoms with E-state index in [1.807, 2.05) is 34.9 Å². The average Bonchev–Trinajstić information content (AvgIpc) is 3.15. The van der Waals surface area contributed by atoms with Crippen LogP contribution in [0.4, 0.5) is 0 Å². The second-order valence-electron chi connectivity index (χ2n) is 6.69. The topological polar surface area (TPSA) is 59.8 Å². The zero-order valence-electron chi connectivity index (χ0n) is 16.4. The van der Waals surface area contributed by atoms with Crippen LogP contribution in [0.2, 0.25) is 0 Å². The molecule has 0 spiro atoms. The van der Waals surface area contributed by atoms with Gasteiger partial charge in [-0.1, -0.05) is 79.6 Å². The van der Waals surface area contributed by atoms with Crippen molar-refractivity contribution in [2.24, 2.45) is 0 Å². The van der Waals surface area contributed by atoms with Crippen molar-refractivity contribution in [3.8, 4) is 17.1 Å². The van der Waals surface area contributed by atoms with E-state index in [1.54, 1.807) is 0 Å². The second-order valence-corrected chi connectivity index (χ2v) is 7.63. The minimum Gasteiger partial charge on any atom is -0.355 e. The van der Waals surface area contributed by atoms with E-state index in [0.717, 1.165) is 42.9 Å². The summed E-state index contributed by atoms with van der Waals surface area (Å²) >= 11 is 1.41. The molecule has 2 aromatic carbocycles. The van der Waals surface area contributed by atoms with Crippen LogP contribution in [0.25, 0.3) is 17.1 Å². The number of rotatable bonds is 9. The van der Waals surface area contributed by atoms with Crippen molar-refractivity contribution in [2.75, 3.05) is 12.3 Å². The van der Waals surface area contributed by atoms with Crippen LogP contribution in [0.1, 0.15) is 31.7 Å². The molecule has 28 heavy (non-hydrogen) atoms. The average molecular weight is 395 g/mol. The van der Waals surface area contributed by atoms with E-state index >= 15 is 0 Å². The molecular formula is C22H26N4OS. The first-order valence-electron chi connectivity index (χ1n) is 9.66. The third-order valence-corrected chi connectivity index (χ3v) is 5.32. The van der Waals surface area contributed by atoms with Crippen molar-refractivity contribution in [3.05, 3.63) is 60.2 Å². The van der Waals surface area contributed by atoms with Crippen molar-refractivity contribution in [2.45, 2.75) is 38.3 Å². The summed E-state index contributed by atoms with van der Waals surface area (Å²) in [5, 5.41) is 12.5. The van der Waals surface area contributed by atoms with Crippen molar-refractivity contribution in [1.82, 2.24) is 20.1 Å². The summed E-state index contributed by atoms with van der Waals surface area (Å²) in [6, 6.07) is 18.2. The SMILES string of the molecule is CCCCCNC(=O)CSc1nnc(-c2ccccc2)n1-c1ccc(C)cc1. The largest absolute Gasteiger partial charge is 0.355 e. The predicted molar refractivity (Wildman–Crippen MR) is 115 cm³/mol. The molecule has 6 heteroatoms. The molecule has 0 aliphatic heterocycles. The zero-order valence-corrected chi connectivity index (χ0v) is 17.2. The first-order chi connectivity index (χ1) is 13.7. The Hall–Kier alpha value is -2.60. The Morgan fingerprint density at radius 2 is 1.79 bits per heavy atom. The van der Waals surface area contributed by atoms with Gasteiger partial charge in [-0.15, -0.1) is 10.2 Å². The molecule has 0 radical (unpaired) electrons. The Morgan fingerprint density at radius 3 is 2.50 bits per heavy atom. The molecule has 3 rings (SSSR count). The highest BCUT2D eigenvalue weighted by atomic mass is 32.2. The Balaban J connectivity index is 1.80. The molecule has 0 aliphatic carbocycles. The molecule has 146 valence electrons. The number of aromatic nitrogens is 3. The highest BCUT2D eigenvalue weighted by molar-refractivity contribution is 7.99. The van der Waals surface area contributed by atoms with Crippen molar-refractivity contribution >= 4 is 17.7 Å². The summed E-state index contributed by atoms with van der Waals surface area (Å²) in [6.45, 7) is 4.94. The van der Waals surface area contributed by atoms with Crippen LogP contribution >= 0.6 is 11.8 Å². The van der Waals surface area contributed by atoms with Crippen LogP contribution in [-0.4, -0.2) is 33.0 Å². The van der Waals surface area contributed by atoms with Gasteiger partial charge in [0.15, 0.2) is 11.0 Å². The summed E-state index contributed by atoms with van der Waals surface area (Å²) in [5.41, 5.74) is 3.17. The first-order valence-corrected chi connectivity index (χ1v) is 10.6. The van der Waals surface area contributed by atoms with Gasteiger partial charge in [0.2, 0.25) is 5.91 Å². The summed E-state index contributed by atoms with van der Waals surface area (Å²) in [6.07, 6.45) is 3.30. The summed E-state index contributed by atoms with van der Waals surface area (Å²) in [5.74, 6) is 1.13. The third kappa shape index (κ3) is 5.23. The molecule has 0 fully saturated rings. The molecule has 1 aromatic heterocycles. The predicted octanol–water partition coefficient (Wildman–Crippen LogP) is 4.64. The fraction of sp³-hybridized carbons (Fsp3) is 0.318. The first kappa shape index (κ1) is 20.1. The monoisotopic (exact) mass is 394 g/mol. The van der Waals surface area contributed by atoms with Crippen LogP contribution in [0, 0.1) is 6.92 Å². The molecule has 0 saturated heterocycles. The van der Waals surface area contributed by atoms with E-state index < -0.39 is 0 Å². The van der Waals surface area contributed by atoms with E-state index in [-0.39, 0.29) is 5.91 Å². The van der Waals surface area contributed by atoms with Crippen LogP contribution < -0.4 is 5.32 Å². The summed E-state index contributed by atoms with van der Waals surface area (Å²) in [4.78, 5) is 12.2. The van der Waals surface area contributed by atoms with Gasteiger partial charge in [-0.3, -0.25) is 9.36 Å². The van der Waals surface area contributed by atoms with E-state index in [9.17, 15) is 4.79 Å². The number of carbonyl (C=O) groups is 1. The smallest absolute Gasteiger partial charge is 0.230 e. The normalized spacial score (nSPS) is 10.8. The lowest BCUT2D eigenvalue weighted by molar-refractivity contribution is -0.118. The van der Waals surface area contributed by atoms with Gasteiger partial charge in [0.25, 0.3) is 0 Å². The molecule has 0 saturated carbocycles. The minimum atomic E-state index is 0.0285. The van der Waals surface area contributed by atoms with E-state index in [0.29, 0.717) is 10.9 Å². The van der Waals surface area contributed by atoms with Crippen LogP contribution in [0.3, 0.4) is 0 Å². The Labute approximate surface area is 170 Å². The number of hydrogen-bond donors (Lipinski definition) is 1. The van der Waals surface area contributed by atoms with E-state index in [1.165, 1.54) is 17.3 Å². The maximum absolute atomic E-state index is 12.2. The second kappa shape index (κ2) is 10.1. The molecule has 0 aliphatic rings. The number of carbonyl (C=O) groups excluding carboxylic acids is 1. The fourth-order valence-electron chi connectivity index (χ4n) is 2.85. The maximum atomic E-state index is 12.2. The Kier molecular flexibility index (Phi) is 7.25. The lowest BCUT2D eigenvalue weighted by Gasteiger charge is -2.11. The maximum Gasteiger partial charge on any atom is 0.230 e. The number of hydrogen-bond acceptors (Lipinski definition) is 4. The van der Waals surface area contributed by atoms with Crippen molar-refractivity contribution in [1.29, 1.82) is 0 Å². The Bertz CT molecular complexity index is 891. The molecule has 1 N–H and O–H groups in total. The number of amides is 1. The molecule has 5 nitrogen and oxygen atoms in total. The highest BCUT2D eigenvalue weighted by Crippen LogP contribution is 2.28. The summed E-state index contributed by atoms with van der Waals surface area (Å²) < 4.78 is 2.02. The van der Waals surface area contributed by atoms with Crippen molar-refractivity contribution in [3.63, 3.8) is 0 Å². The molecular weight excluding hydrogens is 368 g/mol. The number of nitrogens with one attached hydrogen (secondary N) is 1. The number of aryl methyl sites for hydroxylation is 1. The minimum absolute atomic E-state index is 0.0285. The lowest BCUT2D eigenvalue weighted by Crippen LogP contribution is -2.26. The summed E-state index contributed by atoms with van der Waals surface area (Å²) in [7, 11) is 0. The van der Waals surface area contributed by atoms with Gasteiger partial charge in [0, 0.05) is 17.8 Å². The number of unbranched alkanes of at least 4 members (excludes halogenated alkanes) is 2. The quantitative estimate of drug-likeness (QED) is 0.424.